The van der Waals surface area contributed by atoms with E-state index in [1.807, 2.05) is 28.3 Å². The van der Waals surface area contributed by atoms with Gasteiger partial charge < -0.3 is 20.5 Å². The Balaban J connectivity index is 1.64. The van der Waals surface area contributed by atoms with Crippen LogP contribution in [0.15, 0.2) is 47.5 Å². The molecule has 0 spiro atoms. The van der Waals surface area contributed by atoms with E-state index in [0.717, 1.165) is 17.8 Å². The molecule has 0 radical (unpaired) electrons. The smallest absolute Gasteiger partial charge is 0.319 e. The molecule has 3 rings (SSSR count). The lowest BCUT2D eigenvalue weighted by Gasteiger charge is -2.27. The third-order valence-corrected chi connectivity index (χ3v) is 4.72. The fourth-order valence-electron chi connectivity index (χ4n) is 2.64. The van der Waals surface area contributed by atoms with Crippen molar-refractivity contribution in [3.63, 3.8) is 0 Å². The van der Waals surface area contributed by atoms with E-state index in [9.17, 15) is 9.59 Å². The fraction of sp³-hybridized carbons (Fsp3) is 0.312. The van der Waals surface area contributed by atoms with Crippen molar-refractivity contribution in [2.45, 2.75) is 25.9 Å². The van der Waals surface area contributed by atoms with E-state index < -0.39 is 6.04 Å². The number of aryl methyl sites for hydroxylation is 1. The molecule has 0 fully saturated rings. The minimum atomic E-state index is -0.410. The molecule has 1 aliphatic rings. The van der Waals surface area contributed by atoms with Crippen LogP contribution >= 0.6 is 11.3 Å². The Morgan fingerprint density at radius 2 is 2.38 bits per heavy atom. The van der Waals surface area contributed by atoms with Gasteiger partial charge in [-0.3, -0.25) is 4.79 Å². The topological polar surface area (TPSA) is 88.1 Å². The van der Waals surface area contributed by atoms with Crippen LogP contribution in [0.2, 0.25) is 0 Å². The van der Waals surface area contributed by atoms with Gasteiger partial charge in [0.05, 0.1) is 17.9 Å². The van der Waals surface area contributed by atoms with Crippen molar-refractivity contribution in [2.24, 2.45) is 0 Å². The van der Waals surface area contributed by atoms with E-state index >= 15 is 0 Å². The summed E-state index contributed by atoms with van der Waals surface area (Å²) in [6.07, 6.45) is 6.18. The number of thiophene rings is 1. The number of hydrogen-bond acceptors (Lipinski definition) is 4. The Kier molecular flexibility index (Phi) is 4.95. The lowest BCUT2D eigenvalue weighted by Crippen LogP contribution is -2.46. The Hall–Kier alpha value is -2.61. The van der Waals surface area contributed by atoms with E-state index in [0.29, 0.717) is 17.8 Å². The molecule has 0 unspecified atom stereocenters. The van der Waals surface area contributed by atoms with Crippen molar-refractivity contribution in [1.82, 2.24) is 25.5 Å². The molecule has 2 aromatic rings. The van der Waals surface area contributed by atoms with Gasteiger partial charge in [-0.15, -0.1) is 11.3 Å². The molecule has 2 aromatic heterocycles. The zero-order chi connectivity index (χ0) is 16.9. The Morgan fingerprint density at radius 1 is 1.50 bits per heavy atom. The van der Waals surface area contributed by atoms with Crippen molar-refractivity contribution >= 4 is 23.3 Å². The van der Waals surface area contributed by atoms with Crippen molar-refractivity contribution < 1.29 is 9.59 Å². The van der Waals surface area contributed by atoms with Crippen LogP contribution in [-0.2, 0) is 11.3 Å². The molecule has 0 aromatic carbocycles. The fourth-order valence-corrected chi connectivity index (χ4v) is 3.43. The number of aromatic nitrogens is 2. The normalized spacial score (nSPS) is 17.4. The van der Waals surface area contributed by atoms with E-state index in [1.165, 1.54) is 11.3 Å². The van der Waals surface area contributed by atoms with E-state index in [1.54, 1.807) is 19.4 Å². The first-order chi connectivity index (χ1) is 11.6. The molecule has 126 valence electrons. The Bertz CT molecular complexity index is 737. The number of carbonyl (C=O) groups excluding carboxylic acids is 2. The first-order valence-corrected chi connectivity index (χ1v) is 8.59. The first-order valence-electron chi connectivity index (χ1n) is 7.71. The molecular formula is C16H19N5O2S. The van der Waals surface area contributed by atoms with Crippen LogP contribution in [0.25, 0.3) is 0 Å². The number of rotatable bonds is 6. The summed E-state index contributed by atoms with van der Waals surface area (Å²) in [6, 6.07) is 3.12. The first kappa shape index (κ1) is 16.3. The summed E-state index contributed by atoms with van der Waals surface area (Å²) >= 11 is 1.51. The van der Waals surface area contributed by atoms with Gasteiger partial charge in [0.2, 0.25) is 0 Å². The van der Waals surface area contributed by atoms with Crippen LogP contribution in [0.4, 0.5) is 4.79 Å². The summed E-state index contributed by atoms with van der Waals surface area (Å²) in [6.45, 7) is 3.10. The molecule has 0 aliphatic carbocycles. The molecule has 3 heterocycles. The number of urea groups is 1. The van der Waals surface area contributed by atoms with Gasteiger partial charge in [0.25, 0.3) is 5.91 Å². The zero-order valence-corrected chi connectivity index (χ0v) is 14.1. The maximum Gasteiger partial charge on any atom is 0.319 e. The summed E-state index contributed by atoms with van der Waals surface area (Å²) in [4.78, 5) is 29.3. The number of imidazole rings is 1. The van der Waals surface area contributed by atoms with Crippen LogP contribution in [-0.4, -0.2) is 28.0 Å². The quantitative estimate of drug-likeness (QED) is 0.697. The number of allylic oxidation sites excluding steroid dienone is 1. The monoisotopic (exact) mass is 345 g/mol. The zero-order valence-electron chi connectivity index (χ0n) is 13.3. The molecule has 1 atom stereocenters. The average molecular weight is 345 g/mol. The summed E-state index contributed by atoms with van der Waals surface area (Å²) in [5, 5.41) is 10.4. The highest BCUT2D eigenvalue weighted by molar-refractivity contribution is 7.10. The highest BCUT2D eigenvalue weighted by atomic mass is 32.1. The van der Waals surface area contributed by atoms with Gasteiger partial charge in [-0.25, -0.2) is 9.78 Å². The minimum Gasteiger partial charge on any atom is -0.352 e. The minimum absolute atomic E-state index is 0.163. The van der Waals surface area contributed by atoms with Gasteiger partial charge in [-0.2, -0.15) is 0 Å². The summed E-state index contributed by atoms with van der Waals surface area (Å²) < 4.78 is 1.97. The van der Waals surface area contributed by atoms with Gasteiger partial charge in [0.1, 0.15) is 0 Å². The molecule has 0 saturated carbocycles. The van der Waals surface area contributed by atoms with E-state index in [4.69, 9.17) is 0 Å². The molecule has 8 heteroatoms. The van der Waals surface area contributed by atoms with Crippen molar-refractivity contribution in [3.8, 4) is 0 Å². The second kappa shape index (κ2) is 7.31. The van der Waals surface area contributed by atoms with Gasteiger partial charge in [-0.05, 0) is 24.8 Å². The van der Waals surface area contributed by atoms with Crippen LogP contribution in [0.3, 0.4) is 0 Å². The maximum absolute atomic E-state index is 12.6. The van der Waals surface area contributed by atoms with Gasteiger partial charge in [0, 0.05) is 36.1 Å². The van der Waals surface area contributed by atoms with Crippen LogP contribution in [0.1, 0.15) is 24.3 Å². The van der Waals surface area contributed by atoms with Crippen molar-refractivity contribution in [2.75, 3.05) is 6.54 Å². The molecule has 7 nitrogen and oxygen atoms in total. The summed E-state index contributed by atoms with van der Waals surface area (Å²) in [7, 11) is 0. The van der Waals surface area contributed by atoms with Crippen molar-refractivity contribution in [3.05, 3.63) is 52.4 Å². The number of hydrogen-bond donors (Lipinski definition) is 3. The Labute approximate surface area is 143 Å². The molecular weight excluding hydrogens is 326 g/mol. The molecule has 1 aliphatic heterocycles. The summed E-state index contributed by atoms with van der Waals surface area (Å²) in [5.74, 6) is -0.163. The highest BCUT2D eigenvalue weighted by Gasteiger charge is 2.31. The second-order valence-corrected chi connectivity index (χ2v) is 6.47. The lowest BCUT2D eigenvalue weighted by atomic mass is 10.0. The lowest BCUT2D eigenvalue weighted by molar-refractivity contribution is -0.117. The van der Waals surface area contributed by atoms with Crippen LogP contribution in [0, 0.1) is 0 Å². The molecule has 3 N–H and O–H groups in total. The predicted molar refractivity (Wildman–Crippen MR) is 91.3 cm³/mol. The third-order valence-electron chi connectivity index (χ3n) is 3.78. The molecule has 0 bridgehead atoms. The van der Waals surface area contributed by atoms with Crippen LogP contribution < -0.4 is 16.0 Å². The maximum atomic E-state index is 12.6. The Morgan fingerprint density at radius 3 is 3.08 bits per heavy atom. The number of carbonyl (C=O) groups is 2. The largest absolute Gasteiger partial charge is 0.352 e. The third kappa shape index (κ3) is 3.65. The highest BCUT2D eigenvalue weighted by Crippen LogP contribution is 2.29. The number of nitrogens with one attached hydrogen (secondary N) is 3. The van der Waals surface area contributed by atoms with Crippen LogP contribution in [0.5, 0.6) is 0 Å². The second-order valence-electron chi connectivity index (χ2n) is 5.50. The molecule has 0 saturated heterocycles. The van der Waals surface area contributed by atoms with E-state index in [2.05, 4.69) is 20.9 Å². The van der Waals surface area contributed by atoms with Crippen molar-refractivity contribution in [1.29, 1.82) is 0 Å². The molecule has 3 amide bonds. The number of nitrogens with zero attached hydrogens (tertiary/aromatic N) is 2. The van der Waals surface area contributed by atoms with Gasteiger partial charge in [-0.1, -0.05) is 6.07 Å². The molecule has 24 heavy (non-hydrogen) atoms. The standard InChI is InChI=1S/C16H19N5O2S/c1-11-13(14(20-16(23)19-11)12-4-2-9-24-12)15(22)18-5-3-7-21-8-6-17-10-21/h2,4,6,8-10,14H,3,5,7H2,1H3,(H,18,22)(H2,19,20,23)/t14-/m1/s1. The number of amides is 3. The van der Waals surface area contributed by atoms with Gasteiger partial charge in [0.15, 0.2) is 0 Å². The predicted octanol–water partition coefficient (Wildman–Crippen LogP) is 1.78. The average Bonchev–Trinajstić information content (AvgIpc) is 3.24. The van der Waals surface area contributed by atoms with Gasteiger partial charge >= 0.3 is 6.03 Å². The summed E-state index contributed by atoms with van der Waals surface area (Å²) in [5.41, 5.74) is 1.14. The SMILES string of the molecule is CC1=C(C(=O)NCCCn2ccnc2)[C@@H](c2cccs2)NC(=O)N1. The van der Waals surface area contributed by atoms with E-state index in [-0.39, 0.29) is 11.9 Å².